The van der Waals surface area contributed by atoms with Gasteiger partial charge in [-0.25, -0.2) is 0 Å². The van der Waals surface area contributed by atoms with Crippen LogP contribution in [-0.4, -0.2) is 11.6 Å². The van der Waals surface area contributed by atoms with Gasteiger partial charge >= 0.3 is 0 Å². The van der Waals surface area contributed by atoms with Crippen molar-refractivity contribution in [1.29, 1.82) is 0 Å². The maximum Gasteiger partial charge on any atom is 0.156 e. The van der Waals surface area contributed by atoms with E-state index < -0.39 is 0 Å². The second kappa shape index (κ2) is 5.92. The molecule has 0 amide bonds. The zero-order chi connectivity index (χ0) is 12.3. The zero-order valence-electron chi connectivity index (χ0n) is 8.47. The molecule has 1 unspecified atom stereocenters. The molecule has 1 atom stereocenters. The minimum atomic E-state index is -0.0437. The van der Waals surface area contributed by atoms with E-state index in [0.29, 0.717) is 32.4 Å². The fourth-order valence-corrected chi connectivity index (χ4v) is 1.95. The highest BCUT2D eigenvalue weighted by Gasteiger charge is 2.12. The van der Waals surface area contributed by atoms with E-state index in [2.05, 4.69) is 0 Å². The van der Waals surface area contributed by atoms with Gasteiger partial charge in [-0.05, 0) is 12.1 Å². The van der Waals surface area contributed by atoms with Gasteiger partial charge in [-0.2, -0.15) is 0 Å². The Balaban J connectivity index is 2.78. The molecule has 0 bridgehead atoms. The Labute approximate surface area is 115 Å². The predicted octanol–water partition coefficient (Wildman–Crippen LogP) is 3.95. The molecule has 0 spiro atoms. The van der Waals surface area contributed by atoms with Crippen LogP contribution in [0, 0.1) is 5.92 Å². The summed E-state index contributed by atoms with van der Waals surface area (Å²) in [4.78, 5) is 0.390. The highest BCUT2D eigenvalue weighted by Crippen LogP contribution is 2.35. The number of thiocarbonyl (C=S) groups is 1. The van der Waals surface area contributed by atoms with Crippen LogP contribution < -0.4 is 10.5 Å². The number of halogens is 3. The third-order valence-corrected chi connectivity index (χ3v) is 3.11. The Hall–Kier alpha value is -0.220. The highest BCUT2D eigenvalue weighted by atomic mass is 35.5. The van der Waals surface area contributed by atoms with Gasteiger partial charge in [-0.1, -0.05) is 53.9 Å². The van der Waals surface area contributed by atoms with Crippen LogP contribution >= 0.6 is 47.0 Å². The van der Waals surface area contributed by atoms with Crippen LogP contribution in [0.3, 0.4) is 0 Å². The molecule has 2 nitrogen and oxygen atoms in total. The predicted molar refractivity (Wildman–Crippen MR) is 72.9 cm³/mol. The van der Waals surface area contributed by atoms with Gasteiger partial charge in [-0.3, -0.25) is 0 Å². The van der Waals surface area contributed by atoms with Crippen LogP contribution in [-0.2, 0) is 0 Å². The lowest BCUT2D eigenvalue weighted by atomic mass is 10.2. The molecule has 0 aliphatic carbocycles. The van der Waals surface area contributed by atoms with Crippen LogP contribution in [0.1, 0.15) is 6.92 Å². The molecule has 88 valence electrons. The molecule has 0 aliphatic rings. The first-order chi connectivity index (χ1) is 7.41. The minimum Gasteiger partial charge on any atom is -0.490 e. The Morgan fingerprint density at radius 1 is 1.38 bits per heavy atom. The SMILES string of the molecule is CC(COc1c(Cl)cc(Cl)cc1Cl)C(N)=S. The van der Waals surface area contributed by atoms with Crippen molar-refractivity contribution in [1.82, 2.24) is 0 Å². The molecule has 0 heterocycles. The summed E-state index contributed by atoms with van der Waals surface area (Å²) in [5.41, 5.74) is 5.46. The summed E-state index contributed by atoms with van der Waals surface area (Å²) in [7, 11) is 0. The number of nitrogens with two attached hydrogens (primary N) is 1. The maximum absolute atomic E-state index is 5.94. The van der Waals surface area contributed by atoms with Gasteiger partial charge in [0.2, 0.25) is 0 Å². The normalized spacial score (nSPS) is 12.2. The van der Waals surface area contributed by atoms with E-state index in [0.717, 1.165) is 0 Å². The molecule has 0 fully saturated rings. The van der Waals surface area contributed by atoms with Crippen LogP contribution in [0.2, 0.25) is 15.1 Å². The Morgan fingerprint density at radius 3 is 2.31 bits per heavy atom. The van der Waals surface area contributed by atoms with Crippen molar-refractivity contribution >= 4 is 52.0 Å². The molecule has 0 aliphatic heterocycles. The number of ether oxygens (including phenoxy) is 1. The number of hydrogen-bond donors (Lipinski definition) is 1. The summed E-state index contributed by atoms with van der Waals surface area (Å²) in [6.45, 7) is 2.19. The van der Waals surface area contributed by atoms with Crippen LogP contribution in [0.15, 0.2) is 12.1 Å². The third kappa shape index (κ3) is 3.67. The largest absolute Gasteiger partial charge is 0.490 e. The van der Waals surface area contributed by atoms with Crippen molar-refractivity contribution in [2.75, 3.05) is 6.61 Å². The number of hydrogen-bond acceptors (Lipinski definition) is 2. The molecule has 0 saturated carbocycles. The van der Waals surface area contributed by atoms with Gasteiger partial charge in [0, 0.05) is 10.9 Å². The first kappa shape index (κ1) is 13.8. The number of rotatable bonds is 4. The van der Waals surface area contributed by atoms with Crippen LogP contribution in [0.4, 0.5) is 0 Å². The molecule has 6 heteroatoms. The molecule has 1 aromatic rings. The topological polar surface area (TPSA) is 35.2 Å². The monoisotopic (exact) mass is 297 g/mol. The van der Waals surface area contributed by atoms with E-state index in [1.54, 1.807) is 12.1 Å². The summed E-state index contributed by atoms with van der Waals surface area (Å²) >= 11 is 22.5. The molecule has 1 aromatic carbocycles. The quantitative estimate of drug-likeness (QED) is 0.855. The van der Waals surface area contributed by atoms with E-state index in [1.807, 2.05) is 6.92 Å². The van der Waals surface area contributed by atoms with Crippen molar-refractivity contribution < 1.29 is 4.74 Å². The molecule has 0 saturated heterocycles. The highest BCUT2D eigenvalue weighted by molar-refractivity contribution is 7.80. The smallest absolute Gasteiger partial charge is 0.156 e. The summed E-state index contributed by atoms with van der Waals surface area (Å²) in [5.74, 6) is 0.355. The Kier molecular flexibility index (Phi) is 5.12. The summed E-state index contributed by atoms with van der Waals surface area (Å²) in [5, 5.41) is 1.20. The van der Waals surface area contributed by atoms with Crippen molar-refractivity contribution in [3.05, 3.63) is 27.2 Å². The fourth-order valence-electron chi connectivity index (χ4n) is 0.957. The van der Waals surface area contributed by atoms with Crippen molar-refractivity contribution in [3.63, 3.8) is 0 Å². The first-order valence-electron chi connectivity index (χ1n) is 4.48. The minimum absolute atomic E-state index is 0.0437. The van der Waals surface area contributed by atoms with E-state index in [4.69, 9.17) is 57.5 Å². The number of benzene rings is 1. The van der Waals surface area contributed by atoms with E-state index in [9.17, 15) is 0 Å². The average molecular weight is 299 g/mol. The lowest BCUT2D eigenvalue weighted by Crippen LogP contribution is -2.24. The molecule has 0 radical (unpaired) electrons. The lowest BCUT2D eigenvalue weighted by molar-refractivity contribution is 0.294. The average Bonchev–Trinajstić information content (AvgIpc) is 2.15. The summed E-state index contributed by atoms with van der Waals surface area (Å²) in [6, 6.07) is 3.13. The summed E-state index contributed by atoms with van der Waals surface area (Å²) < 4.78 is 5.46. The van der Waals surface area contributed by atoms with E-state index in [1.165, 1.54) is 0 Å². The van der Waals surface area contributed by atoms with E-state index in [-0.39, 0.29) is 5.92 Å². The molecular formula is C10H10Cl3NOS. The summed E-state index contributed by atoms with van der Waals surface area (Å²) in [6.07, 6.45) is 0. The second-order valence-corrected chi connectivity index (χ2v) is 5.04. The molecule has 1 rings (SSSR count). The second-order valence-electron chi connectivity index (χ2n) is 3.31. The fraction of sp³-hybridized carbons (Fsp3) is 0.300. The maximum atomic E-state index is 5.94. The first-order valence-corrected chi connectivity index (χ1v) is 6.02. The van der Waals surface area contributed by atoms with Gasteiger partial charge in [0.05, 0.1) is 21.6 Å². The van der Waals surface area contributed by atoms with Gasteiger partial charge < -0.3 is 10.5 Å². The van der Waals surface area contributed by atoms with Gasteiger partial charge in [-0.15, -0.1) is 0 Å². The standard InChI is InChI=1S/C10H10Cl3NOS/c1-5(10(14)16)4-15-9-7(12)2-6(11)3-8(9)13/h2-3,5H,4H2,1H3,(H2,14,16). The lowest BCUT2D eigenvalue weighted by Gasteiger charge is -2.14. The molecule has 2 N–H and O–H groups in total. The third-order valence-electron chi connectivity index (χ3n) is 1.93. The Morgan fingerprint density at radius 2 is 1.88 bits per heavy atom. The van der Waals surface area contributed by atoms with Crippen molar-refractivity contribution in [2.45, 2.75) is 6.92 Å². The van der Waals surface area contributed by atoms with Crippen LogP contribution in [0.5, 0.6) is 5.75 Å². The van der Waals surface area contributed by atoms with E-state index >= 15 is 0 Å². The van der Waals surface area contributed by atoms with Gasteiger partial charge in [0.15, 0.2) is 5.75 Å². The molecular weight excluding hydrogens is 289 g/mol. The molecule has 0 aromatic heterocycles. The molecule has 16 heavy (non-hydrogen) atoms. The van der Waals surface area contributed by atoms with Crippen molar-refractivity contribution in [2.24, 2.45) is 11.7 Å². The van der Waals surface area contributed by atoms with Gasteiger partial charge in [0.25, 0.3) is 0 Å². The zero-order valence-corrected chi connectivity index (χ0v) is 11.6. The van der Waals surface area contributed by atoms with Crippen LogP contribution in [0.25, 0.3) is 0 Å². The van der Waals surface area contributed by atoms with Gasteiger partial charge in [0.1, 0.15) is 0 Å². The van der Waals surface area contributed by atoms with Crippen molar-refractivity contribution in [3.8, 4) is 5.75 Å². The Bertz CT molecular complexity index is 388.